The van der Waals surface area contributed by atoms with E-state index < -0.39 is 0 Å². The number of nitrogens with zero attached hydrogens (tertiary/aromatic N) is 2. The molecule has 1 unspecified atom stereocenters. The highest BCUT2D eigenvalue weighted by atomic mass is 127. The summed E-state index contributed by atoms with van der Waals surface area (Å²) in [6.45, 7) is 8.99. The molecule has 1 aliphatic heterocycles. The Kier molecular flexibility index (Phi) is 8.89. The van der Waals surface area contributed by atoms with Gasteiger partial charge in [0.25, 0.3) is 0 Å². The summed E-state index contributed by atoms with van der Waals surface area (Å²) in [7, 11) is 1.82. The summed E-state index contributed by atoms with van der Waals surface area (Å²) in [5.74, 6) is 2.60. The average Bonchev–Trinajstić information content (AvgIpc) is 3.12. The number of hydrogen-bond donors (Lipinski definition) is 2. The minimum Gasteiger partial charge on any atom is -0.459 e. The molecule has 27 heavy (non-hydrogen) atoms. The summed E-state index contributed by atoms with van der Waals surface area (Å²) < 4.78 is 5.95. The van der Waals surface area contributed by atoms with E-state index in [2.05, 4.69) is 46.5 Å². The van der Waals surface area contributed by atoms with Gasteiger partial charge in [-0.25, -0.2) is 0 Å². The van der Waals surface area contributed by atoms with Gasteiger partial charge in [-0.1, -0.05) is 25.1 Å². The highest BCUT2D eigenvalue weighted by Gasteiger charge is 2.18. The van der Waals surface area contributed by atoms with E-state index in [1.165, 1.54) is 38.9 Å². The second kappa shape index (κ2) is 10.9. The quantitative estimate of drug-likeness (QED) is 0.363. The van der Waals surface area contributed by atoms with E-state index in [1.54, 1.807) is 0 Å². The Bertz CT molecular complexity index is 689. The van der Waals surface area contributed by atoms with Crippen LogP contribution in [-0.4, -0.2) is 44.1 Å². The third-order valence-corrected chi connectivity index (χ3v) is 5.45. The van der Waals surface area contributed by atoms with Gasteiger partial charge in [0, 0.05) is 19.0 Å². The summed E-state index contributed by atoms with van der Waals surface area (Å²) in [5.41, 5.74) is 0.928. The number of halogens is 1. The summed E-state index contributed by atoms with van der Waals surface area (Å²) in [4.78, 5) is 6.90. The van der Waals surface area contributed by atoms with Crippen molar-refractivity contribution in [3.05, 3.63) is 36.1 Å². The predicted octanol–water partition coefficient (Wildman–Crippen LogP) is 4.40. The van der Waals surface area contributed by atoms with Crippen LogP contribution in [0.1, 0.15) is 44.9 Å². The number of guanidine groups is 1. The molecular weight excluding hydrogens is 451 g/mol. The lowest BCUT2D eigenvalue weighted by molar-refractivity contribution is 0.187. The first kappa shape index (κ1) is 22.0. The van der Waals surface area contributed by atoms with E-state index in [-0.39, 0.29) is 30.0 Å². The first-order valence-electron chi connectivity index (χ1n) is 9.87. The summed E-state index contributed by atoms with van der Waals surface area (Å²) in [6, 6.07) is 10.3. The highest BCUT2D eigenvalue weighted by Crippen LogP contribution is 2.23. The first-order valence-corrected chi connectivity index (χ1v) is 9.87. The third kappa shape index (κ3) is 6.10. The van der Waals surface area contributed by atoms with Crippen LogP contribution in [0.2, 0.25) is 0 Å². The van der Waals surface area contributed by atoms with Crippen molar-refractivity contribution >= 4 is 40.9 Å². The minimum absolute atomic E-state index is 0. The van der Waals surface area contributed by atoms with E-state index in [9.17, 15) is 0 Å². The van der Waals surface area contributed by atoms with Gasteiger partial charge in [-0.15, -0.1) is 24.0 Å². The molecule has 0 radical (unpaired) electrons. The summed E-state index contributed by atoms with van der Waals surface area (Å²) >= 11 is 0. The zero-order valence-corrected chi connectivity index (χ0v) is 19.0. The Balaban J connectivity index is 0.00000261. The van der Waals surface area contributed by atoms with E-state index in [1.807, 2.05) is 25.2 Å². The Morgan fingerprint density at radius 2 is 2.04 bits per heavy atom. The van der Waals surface area contributed by atoms with Crippen molar-refractivity contribution in [1.82, 2.24) is 15.5 Å². The van der Waals surface area contributed by atoms with Gasteiger partial charge < -0.3 is 20.0 Å². The lowest BCUT2D eigenvalue weighted by Gasteiger charge is -2.31. The molecule has 1 aliphatic rings. The number of fused-ring (bicyclic) bond motifs is 1. The molecule has 0 spiro atoms. The van der Waals surface area contributed by atoms with E-state index in [0.29, 0.717) is 0 Å². The number of nitrogens with one attached hydrogen (secondary N) is 2. The molecule has 1 saturated heterocycles. The van der Waals surface area contributed by atoms with Crippen LogP contribution in [-0.2, 0) is 0 Å². The molecule has 0 aliphatic carbocycles. The van der Waals surface area contributed by atoms with Gasteiger partial charge in [0.1, 0.15) is 11.3 Å². The maximum atomic E-state index is 5.95. The number of likely N-dealkylation sites (tertiary alicyclic amines) is 1. The van der Waals surface area contributed by atoms with E-state index >= 15 is 0 Å². The fourth-order valence-corrected chi connectivity index (χ4v) is 3.67. The van der Waals surface area contributed by atoms with Crippen molar-refractivity contribution < 1.29 is 4.42 Å². The number of piperidine rings is 1. The molecule has 1 fully saturated rings. The topological polar surface area (TPSA) is 52.8 Å². The molecule has 6 heteroatoms. The Morgan fingerprint density at radius 3 is 2.70 bits per heavy atom. The number of furan rings is 1. The standard InChI is InChI=1S/C21H32N4O.HI/c1-4-25-13-10-17(11-14-25)9-12-23-21(22-3)24-16(2)20-15-18-7-5-6-8-19(18)26-20;/h5-8,15-17H,4,9-14H2,1-3H3,(H2,22,23,24);1H. The van der Waals surface area contributed by atoms with Gasteiger partial charge >= 0.3 is 0 Å². The summed E-state index contributed by atoms with van der Waals surface area (Å²) in [6.07, 6.45) is 3.84. The molecule has 0 amide bonds. The lowest BCUT2D eigenvalue weighted by atomic mass is 9.93. The van der Waals surface area contributed by atoms with Crippen LogP contribution in [0, 0.1) is 5.92 Å². The summed E-state index contributed by atoms with van der Waals surface area (Å²) in [5, 5.41) is 8.03. The molecule has 0 saturated carbocycles. The fourth-order valence-electron chi connectivity index (χ4n) is 3.67. The van der Waals surface area contributed by atoms with Gasteiger partial charge in [0.15, 0.2) is 5.96 Å². The first-order chi connectivity index (χ1) is 12.7. The number of rotatable bonds is 6. The van der Waals surface area contributed by atoms with Crippen LogP contribution in [0.4, 0.5) is 0 Å². The minimum atomic E-state index is 0. The largest absolute Gasteiger partial charge is 0.459 e. The van der Waals surface area contributed by atoms with Crippen molar-refractivity contribution in [3.8, 4) is 0 Å². The van der Waals surface area contributed by atoms with Gasteiger partial charge in [0.05, 0.1) is 6.04 Å². The van der Waals surface area contributed by atoms with Gasteiger partial charge in [-0.2, -0.15) is 0 Å². The van der Waals surface area contributed by atoms with Crippen LogP contribution in [0.3, 0.4) is 0 Å². The maximum Gasteiger partial charge on any atom is 0.191 e. The fraction of sp³-hybridized carbons (Fsp3) is 0.571. The number of para-hydroxylation sites is 1. The van der Waals surface area contributed by atoms with Crippen molar-refractivity contribution in [1.29, 1.82) is 0 Å². The van der Waals surface area contributed by atoms with Crippen molar-refractivity contribution in [2.24, 2.45) is 10.9 Å². The Hall–Kier alpha value is -1.28. The molecule has 0 bridgehead atoms. The van der Waals surface area contributed by atoms with Gasteiger partial charge in [-0.3, -0.25) is 4.99 Å². The van der Waals surface area contributed by atoms with Gasteiger partial charge in [0.2, 0.25) is 0 Å². The third-order valence-electron chi connectivity index (χ3n) is 5.45. The Morgan fingerprint density at radius 1 is 1.30 bits per heavy atom. The average molecular weight is 484 g/mol. The number of benzene rings is 1. The van der Waals surface area contributed by atoms with Crippen LogP contribution in [0.5, 0.6) is 0 Å². The second-order valence-corrected chi connectivity index (χ2v) is 7.22. The normalized spacial score (nSPS) is 17.5. The van der Waals surface area contributed by atoms with Crippen LogP contribution in [0.25, 0.3) is 11.0 Å². The molecule has 1 aromatic carbocycles. The van der Waals surface area contributed by atoms with E-state index in [4.69, 9.17) is 4.42 Å². The van der Waals surface area contributed by atoms with Gasteiger partial charge in [-0.05, 0) is 63.9 Å². The van der Waals surface area contributed by atoms with Crippen molar-refractivity contribution in [2.45, 2.75) is 39.2 Å². The smallest absolute Gasteiger partial charge is 0.191 e. The SMILES string of the molecule is CCN1CCC(CCNC(=NC)NC(C)c2cc3ccccc3o2)CC1.I. The van der Waals surface area contributed by atoms with Crippen LogP contribution >= 0.6 is 24.0 Å². The molecule has 1 aromatic heterocycles. The van der Waals surface area contributed by atoms with E-state index in [0.717, 1.165) is 35.2 Å². The second-order valence-electron chi connectivity index (χ2n) is 7.22. The number of aliphatic imine (C=N–C) groups is 1. The Labute approximate surface area is 180 Å². The molecule has 2 heterocycles. The van der Waals surface area contributed by atoms with Crippen LogP contribution < -0.4 is 10.6 Å². The zero-order chi connectivity index (χ0) is 18.4. The van der Waals surface area contributed by atoms with Crippen LogP contribution in [0.15, 0.2) is 39.7 Å². The molecule has 3 rings (SSSR count). The molecule has 5 nitrogen and oxygen atoms in total. The van der Waals surface area contributed by atoms with Crippen molar-refractivity contribution in [3.63, 3.8) is 0 Å². The lowest BCUT2D eigenvalue weighted by Crippen LogP contribution is -2.40. The molecule has 2 aromatic rings. The number of hydrogen-bond acceptors (Lipinski definition) is 3. The molecule has 2 N–H and O–H groups in total. The van der Waals surface area contributed by atoms with Crippen molar-refractivity contribution in [2.75, 3.05) is 33.2 Å². The maximum absolute atomic E-state index is 5.95. The predicted molar refractivity (Wildman–Crippen MR) is 124 cm³/mol. The zero-order valence-electron chi connectivity index (χ0n) is 16.7. The molecular formula is C21H33IN4O. The molecule has 150 valence electrons. The highest BCUT2D eigenvalue weighted by molar-refractivity contribution is 14.0. The monoisotopic (exact) mass is 484 g/mol. The molecule has 1 atom stereocenters.